The highest BCUT2D eigenvalue weighted by molar-refractivity contribution is 8.93. The molecule has 1 aliphatic rings. The summed E-state index contributed by atoms with van der Waals surface area (Å²) in [4.78, 5) is 0. The monoisotopic (exact) mass is 226 g/mol. The fraction of sp³-hybridized carbons (Fsp3) is 1.00. The van der Waals surface area contributed by atoms with E-state index in [0.717, 1.165) is 26.2 Å². The molecule has 0 bridgehead atoms. The normalized spacial score (nSPS) is 16.4. The topological polar surface area (TPSA) is 44.3 Å². The van der Waals surface area contributed by atoms with E-state index >= 15 is 0 Å². The van der Waals surface area contributed by atoms with Gasteiger partial charge in [0.1, 0.15) is 0 Å². The Balaban J connectivity index is 0. The fourth-order valence-corrected chi connectivity index (χ4v) is 0.604. The molecule has 0 radical (unpaired) electrons. The van der Waals surface area contributed by atoms with Crippen molar-refractivity contribution in [2.45, 2.75) is 20.0 Å². The van der Waals surface area contributed by atoms with Crippen LogP contribution >= 0.6 is 17.0 Å². The quantitative estimate of drug-likeness (QED) is 0.551. The van der Waals surface area contributed by atoms with Gasteiger partial charge in [0.25, 0.3) is 0 Å². The molecule has 0 atom stereocenters. The van der Waals surface area contributed by atoms with Crippen LogP contribution in [0.3, 0.4) is 0 Å². The van der Waals surface area contributed by atoms with Gasteiger partial charge in [0.2, 0.25) is 0 Å². The summed E-state index contributed by atoms with van der Waals surface area (Å²) in [5.41, 5.74) is 0. The Morgan fingerprint density at radius 2 is 1.18 bits per heavy atom. The number of aliphatic hydroxyl groups is 1. The van der Waals surface area contributed by atoms with Crippen LogP contribution in [0.15, 0.2) is 0 Å². The summed E-state index contributed by atoms with van der Waals surface area (Å²) in [5, 5.41) is 14.5. The molecule has 1 saturated heterocycles. The molecule has 3 nitrogen and oxygen atoms in total. The van der Waals surface area contributed by atoms with Gasteiger partial charge in [-0.1, -0.05) is 0 Å². The number of aliphatic hydroxyl groups excluding tert-OH is 1. The molecule has 70 valence electrons. The standard InChI is InChI=1S/C4H10N2.C3H8O.BrH/c1-2-6-4-3-5-1;1-3(2)4;/h5-6H,1-4H2;3-4H,1-2H3;1H. The van der Waals surface area contributed by atoms with Crippen LogP contribution in [0.2, 0.25) is 0 Å². The van der Waals surface area contributed by atoms with Gasteiger partial charge < -0.3 is 15.7 Å². The zero-order valence-electron chi connectivity index (χ0n) is 7.26. The maximum absolute atomic E-state index is 8.06. The van der Waals surface area contributed by atoms with Crippen LogP contribution in [0.25, 0.3) is 0 Å². The van der Waals surface area contributed by atoms with Crippen LogP contribution in [0.4, 0.5) is 0 Å². The van der Waals surface area contributed by atoms with Crippen molar-refractivity contribution in [1.29, 1.82) is 0 Å². The van der Waals surface area contributed by atoms with Crippen LogP contribution in [0, 0.1) is 0 Å². The maximum atomic E-state index is 8.06. The molecule has 4 heteroatoms. The van der Waals surface area contributed by atoms with E-state index in [1.54, 1.807) is 13.8 Å². The van der Waals surface area contributed by atoms with E-state index in [0.29, 0.717) is 0 Å². The lowest BCUT2D eigenvalue weighted by Crippen LogP contribution is -2.39. The summed E-state index contributed by atoms with van der Waals surface area (Å²) >= 11 is 0. The molecule has 1 fully saturated rings. The number of piperazine rings is 1. The second-order valence-electron chi connectivity index (χ2n) is 2.59. The number of halogens is 1. The van der Waals surface area contributed by atoms with Crippen LogP contribution < -0.4 is 10.6 Å². The first-order valence-electron chi connectivity index (χ1n) is 3.83. The summed E-state index contributed by atoms with van der Waals surface area (Å²) in [5.74, 6) is 0. The highest BCUT2D eigenvalue weighted by Gasteiger charge is 1.91. The Bertz CT molecular complexity index is 53.2. The predicted molar refractivity (Wildman–Crippen MR) is 53.4 cm³/mol. The minimum absolute atomic E-state index is 0. The molecule has 0 aliphatic carbocycles. The summed E-state index contributed by atoms with van der Waals surface area (Å²) in [6.45, 7) is 8.00. The number of hydrogen-bond donors (Lipinski definition) is 3. The van der Waals surface area contributed by atoms with E-state index in [9.17, 15) is 0 Å². The minimum Gasteiger partial charge on any atom is -0.394 e. The van der Waals surface area contributed by atoms with Gasteiger partial charge in [-0.2, -0.15) is 0 Å². The van der Waals surface area contributed by atoms with Crippen LogP contribution in [-0.4, -0.2) is 37.4 Å². The second kappa shape index (κ2) is 10.4. The van der Waals surface area contributed by atoms with Crippen molar-refractivity contribution in [2.75, 3.05) is 26.2 Å². The fourth-order valence-electron chi connectivity index (χ4n) is 0.604. The summed E-state index contributed by atoms with van der Waals surface area (Å²) in [7, 11) is 0. The molecular formula is C7H19BrN2O. The third kappa shape index (κ3) is 17.9. The van der Waals surface area contributed by atoms with E-state index in [1.807, 2.05) is 0 Å². The van der Waals surface area contributed by atoms with Crippen molar-refractivity contribution < 1.29 is 5.11 Å². The van der Waals surface area contributed by atoms with Gasteiger partial charge in [-0.3, -0.25) is 0 Å². The van der Waals surface area contributed by atoms with E-state index in [4.69, 9.17) is 5.11 Å². The first-order valence-corrected chi connectivity index (χ1v) is 3.83. The molecule has 1 aliphatic heterocycles. The van der Waals surface area contributed by atoms with Gasteiger partial charge >= 0.3 is 0 Å². The molecule has 1 rings (SSSR count). The van der Waals surface area contributed by atoms with Crippen molar-refractivity contribution >= 4 is 17.0 Å². The summed E-state index contributed by atoms with van der Waals surface area (Å²) in [6, 6.07) is 0. The highest BCUT2D eigenvalue weighted by Crippen LogP contribution is 1.65. The molecule has 11 heavy (non-hydrogen) atoms. The van der Waals surface area contributed by atoms with Crippen molar-refractivity contribution in [3.8, 4) is 0 Å². The van der Waals surface area contributed by atoms with E-state index in [2.05, 4.69) is 10.6 Å². The van der Waals surface area contributed by atoms with Crippen LogP contribution in [0.1, 0.15) is 13.8 Å². The molecular weight excluding hydrogens is 208 g/mol. The van der Waals surface area contributed by atoms with Crippen molar-refractivity contribution in [1.82, 2.24) is 10.6 Å². The molecule has 0 saturated carbocycles. The van der Waals surface area contributed by atoms with Gasteiger partial charge in [-0.25, -0.2) is 0 Å². The minimum atomic E-state index is -0.167. The van der Waals surface area contributed by atoms with Gasteiger partial charge in [0.05, 0.1) is 0 Å². The third-order valence-corrected chi connectivity index (χ3v) is 0.957. The lowest BCUT2D eigenvalue weighted by molar-refractivity contribution is 0.216. The number of rotatable bonds is 0. The Morgan fingerprint density at radius 1 is 1.00 bits per heavy atom. The van der Waals surface area contributed by atoms with Crippen LogP contribution in [-0.2, 0) is 0 Å². The van der Waals surface area contributed by atoms with Crippen molar-refractivity contribution in [3.63, 3.8) is 0 Å². The zero-order chi connectivity index (χ0) is 7.82. The van der Waals surface area contributed by atoms with Gasteiger partial charge in [-0.05, 0) is 13.8 Å². The van der Waals surface area contributed by atoms with Gasteiger partial charge in [0.15, 0.2) is 0 Å². The SMILES string of the molecule is Br.C1CNCCN1.CC(C)O. The van der Waals surface area contributed by atoms with Crippen molar-refractivity contribution in [3.05, 3.63) is 0 Å². The van der Waals surface area contributed by atoms with Crippen molar-refractivity contribution in [2.24, 2.45) is 0 Å². The van der Waals surface area contributed by atoms with Gasteiger partial charge in [-0.15, -0.1) is 17.0 Å². The van der Waals surface area contributed by atoms with Gasteiger partial charge in [0, 0.05) is 32.3 Å². The molecule has 0 aromatic carbocycles. The average molecular weight is 227 g/mol. The third-order valence-electron chi connectivity index (χ3n) is 0.957. The Hall–Kier alpha value is 0.360. The summed E-state index contributed by atoms with van der Waals surface area (Å²) in [6.07, 6.45) is -0.167. The highest BCUT2D eigenvalue weighted by atomic mass is 79.9. The average Bonchev–Trinajstić information content (AvgIpc) is 1.90. The van der Waals surface area contributed by atoms with Crippen LogP contribution in [0.5, 0.6) is 0 Å². The first kappa shape index (κ1) is 13.9. The predicted octanol–water partition coefficient (Wildman–Crippen LogP) is 0.144. The van der Waals surface area contributed by atoms with E-state index in [-0.39, 0.29) is 23.1 Å². The Kier molecular flexibility index (Phi) is 13.1. The lowest BCUT2D eigenvalue weighted by atomic mass is 10.4. The Labute approximate surface area is 79.3 Å². The number of hydrogen-bond acceptors (Lipinski definition) is 3. The molecule has 1 heterocycles. The largest absolute Gasteiger partial charge is 0.394 e. The molecule has 0 aromatic heterocycles. The molecule has 3 N–H and O–H groups in total. The maximum Gasteiger partial charge on any atom is 0.0483 e. The molecule has 0 spiro atoms. The zero-order valence-corrected chi connectivity index (χ0v) is 8.97. The number of nitrogens with one attached hydrogen (secondary N) is 2. The smallest absolute Gasteiger partial charge is 0.0483 e. The van der Waals surface area contributed by atoms with E-state index in [1.165, 1.54) is 0 Å². The molecule has 0 unspecified atom stereocenters. The first-order chi connectivity index (χ1) is 4.73. The Morgan fingerprint density at radius 3 is 1.27 bits per heavy atom. The van der Waals surface area contributed by atoms with E-state index < -0.39 is 0 Å². The molecule has 0 aromatic rings. The summed E-state index contributed by atoms with van der Waals surface area (Å²) < 4.78 is 0. The lowest BCUT2D eigenvalue weighted by Gasteiger charge is -2.11. The molecule has 0 amide bonds. The second-order valence-corrected chi connectivity index (χ2v) is 2.59.